The van der Waals surface area contributed by atoms with Gasteiger partial charge in [-0.15, -0.1) is 0 Å². The predicted octanol–water partition coefficient (Wildman–Crippen LogP) is 1.82. The molecule has 168 valence electrons. The normalized spacial score (nSPS) is 18.8. The standard InChI is InChI=1S/C23H26N4O5/c1-3-24-21(29)17-10-15(20(28)25-18-9-13(18)2)12-26(22(17)30)11-14-5-4-6-19-16(14)7-8-27(19)23(31)32/h4-6,10,12-13,18H,3,7-9,11H2,1-2H3,(H,24,29)(H,25,28)(H,31,32). The molecule has 1 aliphatic carbocycles. The predicted molar refractivity (Wildman–Crippen MR) is 118 cm³/mol. The number of rotatable bonds is 6. The Kier molecular flexibility index (Phi) is 5.73. The summed E-state index contributed by atoms with van der Waals surface area (Å²) >= 11 is 0. The van der Waals surface area contributed by atoms with Gasteiger partial charge in [-0.3, -0.25) is 19.3 Å². The Bertz CT molecular complexity index is 1160. The molecule has 3 N–H and O–H groups in total. The summed E-state index contributed by atoms with van der Waals surface area (Å²) in [6, 6.07) is 6.77. The maximum Gasteiger partial charge on any atom is 0.411 e. The number of carbonyl (C=O) groups excluding carboxylic acids is 2. The number of amides is 3. The number of anilines is 1. The van der Waals surface area contributed by atoms with E-state index >= 15 is 0 Å². The smallest absolute Gasteiger partial charge is 0.411 e. The Morgan fingerprint density at radius 2 is 1.97 bits per heavy atom. The van der Waals surface area contributed by atoms with E-state index in [1.165, 1.54) is 21.7 Å². The van der Waals surface area contributed by atoms with Gasteiger partial charge in [0.05, 0.1) is 17.8 Å². The second kappa shape index (κ2) is 8.49. The largest absolute Gasteiger partial charge is 0.465 e. The van der Waals surface area contributed by atoms with E-state index in [1.807, 2.05) is 13.0 Å². The van der Waals surface area contributed by atoms with Gasteiger partial charge < -0.3 is 20.3 Å². The van der Waals surface area contributed by atoms with Crippen LogP contribution in [0.1, 0.15) is 52.1 Å². The van der Waals surface area contributed by atoms with Crippen LogP contribution >= 0.6 is 0 Å². The van der Waals surface area contributed by atoms with E-state index < -0.39 is 17.6 Å². The summed E-state index contributed by atoms with van der Waals surface area (Å²) in [5.41, 5.74) is 1.88. The fourth-order valence-corrected chi connectivity index (χ4v) is 4.11. The Balaban J connectivity index is 1.72. The molecular formula is C23H26N4O5. The molecular weight excluding hydrogens is 412 g/mol. The summed E-state index contributed by atoms with van der Waals surface area (Å²) in [7, 11) is 0. The van der Waals surface area contributed by atoms with Crippen molar-refractivity contribution in [2.45, 2.75) is 39.3 Å². The van der Waals surface area contributed by atoms with Crippen molar-refractivity contribution >= 4 is 23.6 Å². The van der Waals surface area contributed by atoms with Crippen LogP contribution in [0.25, 0.3) is 0 Å². The highest BCUT2D eigenvalue weighted by Gasteiger charge is 2.34. The molecule has 1 saturated carbocycles. The average molecular weight is 438 g/mol. The third-order valence-electron chi connectivity index (χ3n) is 6.05. The minimum Gasteiger partial charge on any atom is -0.465 e. The van der Waals surface area contributed by atoms with Gasteiger partial charge in [-0.05, 0) is 48.9 Å². The van der Waals surface area contributed by atoms with Crippen molar-refractivity contribution in [1.82, 2.24) is 15.2 Å². The lowest BCUT2D eigenvalue weighted by Crippen LogP contribution is -2.35. The number of carbonyl (C=O) groups is 3. The maximum absolute atomic E-state index is 13.1. The first-order valence-corrected chi connectivity index (χ1v) is 10.7. The van der Waals surface area contributed by atoms with Crippen molar-refractivity contribution in [2.24, 2.45) is 5.92 Å². The van der Waals surface area contributed by atoms with Gasteiger partial charge >= 0.3 is 6.09 Å². The van der Waals surface area contributed by atoms with Crippen LogP contribution in [-0.4, -0.2) is 46.7 Å². The molecule has 1 aromatic carbocycles. The van der Waals surface area contributed by atoms with Crippen LogP contribution in [-0.2, 0) is 13.0 Å². The number of nitrogens with zero attached hydrogens (tertiary/aromatic N) is 2. The third-order valence-corrected chi connectivity index (χ3v) is 6.05. The molecule has 1 aliphatic heterocycles. The Morgan fingerprint density at radius 1 is 1.22 bits per heavy atom. The van der Waals surface area contributed by atoms with E-state index in [2.05, 4.69) is 10.6 Å². The molecule has 2 aromatic rings. The Labute approximate surface area is 185 Å². The number of aromatic nitrogens is 1. The van der Waals surface area contributed by atoms with Crippen molar-refractivity contribution < 1.29 is 19.5 Å². The van der Waals surface area contributed by atoms with Crippen LogP contribution < -0.4 is 21.1 Å². The topological polar surface area (TPSA) is 121 Å². The summed E-state index contributed by atoms with van der Waals surface area (Å²) < 4.78 is 1.36. The molecule has 2 heterocycles. The van der Waals surface area contributed by atoms with Crippen LogP contribution in [0, 0.1) is 5.92 Å². The Hall–Kier alpha value is -3.62. The zero-order chi connectivity index (χ0) is 23.0. The summed E-state index contributed by atoms with van der Waals surface area (Å²) in [5.74, 6) is -0.443. The Morgan fingerprint density at radius 3 is 2.62 bits per heavy atom. The SMILES string of the molecule is CCNC(=O)c1cc(C(=O)NC2CC2C)cn(Cc2cccc3c2CCN3C(=O)O)c1=O. The van der Waals surface area contributed by atoms with Crippen LogP contribution in [0.15, 0.2) is 35.3 Å². The molecule has 0 saturated heterocycles. The van der Waals surface area contributed by atoms with Gasteiger partial charge in [0.1, 0.15) is 5.56 Å². The minimum absolute atomic E-state index is 0.0944. The summed E-state index contributed by atoms with van der Waals surface area (Å²) in [6.07, 6.45) is 1.89. The second-order valence-corrected chi connectivity index (χ2v) is 8.33. The number of fused-ring (bicyclic) bond motifs is 1. The number of hydrogen-bond donors (Lipinski definition) is 3. The highest BCUT2D eigenvalue weighted by molar-refractivity contribution is 5.99. The van der Waals surface area contributed by atoms with Gasteiger partial charge in [0.25, 0.3) is 17.4 Å². The molecule has 9 heteroatoms. The van der Waals surface area contributed by atoms with Crippen molar-refractivity contribution in [3.05, 3.63) is 63.1 Å². The zero-order valence-corrected chi connectivity index (χ0v) is 18.1. The fraction of sp³-hybridized carbons (Fsp3) is 0.391. The third kappa shape index (κ3) is 4.10. The molecule has 4 rings (SSSR count). The molecule has 32 heavy (non-hydrogen) atoms. The van der Waals surface area contributed by atoms with E-state index in [0.29, 0.717) is 31.1 Å². The number of benzene rings is 1. The molecule has 0 bridgehead atoms. The molecule has 2 aliphatic rings. The number of pyridine rings is 1. The quantitative estimate of drug-likeness (QED) is 0.635. The number of carboxylic acid groups (broad SMARTS) is 1. The van der Waals surface area contributed by atoms with Crippen molar-refractivity contribution in [1.29, 1.82) is 0 Å². The summed E-state index contributed by atoms with van der Waals surface area (Å²) in [6.45, 7) is 4.63. The van der Waals surface area contributed by atoms with Crippen molar-refractivity contribution in [2.75, 3.05) is 18.0 Å². The van der Waals surface area contributed by atoms with Crippen LogP contribution in [0.2, 0.25) is 0 Å². The van der Waals surface area contributed by atoms with E-state index in [4.69, 9.17) is 0 Å². The van der Waals surface area contributed by atoms with Gasteiger partial charge in [-0.2, -0.15) is 0 Å². The average Bonchev–Trinajstić information content (AvgIpc) is 3.26. The summed E-state index contributed by atoms with van der Waals surface area (Å²) in [4.78, 5) is 51.1. The zero-order valence-electron chi connectivity index (χ0n) is 18.1. The summed E-state index contributed by atoms with van der Waals surface area (Å²) in [5, 5.41) is 15.0. The lowest BCUT2D eigenvalue weighted by atomic mass is 10.0. The van der Waals surface area contributed by atoms with Gasteiger partial charge in [0.2, 0.25) is 0 Å². The second-order valence-electron chi connectivity index (χ2n) is 8.33. The van der Waals surface area contributed by atoms with Crippen molar-refractivity contribution in [3.8, 4) is 0 Å². The molecule has 0 spiro atoms. The van der Waals surface area contributed by atoms with Gasteiger partial charge in [-0.1, -0.05) is 19.1 Å². The first kappa shape index (κ1) is 21.6. The number of hydrogen-bond acceptors (Lipinski definition) is 4. The van der Waals surface area contributed by atoms with Gasteiger partial charge in [0.15, 0.2) is 0 Å². The van der Waals surface area contributed by atoms with E-state index in [-0.39, 0.29) is 29.6 Å². The lowest BCUT2D eigenvalue weighted by molar-refractivity contribution is 0.0948. The van der Waals surface area contributed by atoms with Crippen LogP contribution in [0.4, 0.5) is 10.5 Å². The molecule has 0 radical (unpaired) electrons. The van der Waals surface area contributed by atoms with Crippen LogP contribution in [0.3, 0.4) is 0 Å². The molecule has 9 nitrogen and oxygen atoms in total. The molecule has 2 atom stereocenters. The molecule has 3 amide bonds. The highest BCUT2D eigenvalue weighted by Crippen LogP contribution is 2.31. The lowest BCUT2D eigenvalue weighted by Gasteiger charge is -2.15. The minimum atomic E-state index is -1.02. The van der Waals surface area contributed by atoms with Crippen molar-refractivity contribution in [3.63, 3.8) is 0 Å². The highest BCUT2D eigenvalue weighted by atomic mass is 16.4. The molecule has 2 unspecified atom stereocenters. The monoisotopic (exact) mass is 438 g/mol. The van der Waals surface area contributed by atoms with Crippen LogP contribution in [0.5, 0.6) is 0 Å². The molecule has 1 fully saturated rings. The van der Waals surface area contributed by atoms with E-state index in [0.717, 1.165) is 17.5 Å². The fourth-order valence-electron chi connectivity index (χ4n) is 4.11. The maximum atomic E-state index is 13.1. The first-order chi connectivity index (χ1) is 15.3. The number of nitrogens with one attached hydrogen (secondary N) is 2. The first-order valence-electron chi connectivity index (χ1n) is 10.7. The molecule has 1 aromatic heterocycles. The van der Waals surface area contributed by atoms with E-state index in [1.54, 1.807) is 19.1 Å². The van der Waals surface area contributed by atoms with E-state index in [9.17, 15) is 24.3 Å². The van der Waals surface area contributed by atoms with Gasteiger partial charge in [-0.25, -0.2) is 4.79 Å². The van der Waals surface area contributed by atoms with Gasteiger partial charge in [0, 0.05) is 25.3 Å².